The summed E-state index contributed by atoms with van der Waals surface area (Å²) in [5, 5.41) is 4.73. The molecule has 0 fully saturated rings. The van der Waals surface area contributed by atoms with Crippen molar-refractivity contribution >= 4 is 23.7 Å². The number of nitrogens with zero attached hydrogens (tertiary/aromatic N) is 1. The van der Waals surface area contributed by atoms with E-state index in [4.69, 9.17) is 25.8 Å². The molecule has 4 aromatic carbocycles. The number of rotatable bonds is 11. The van der Waals surface area contributed by atoms with Crippen molar-refractivity contribution in [2.24, 2.45) is 5.10 Å². The molecule has 4 rings (SSSR count). The Morgan fingerprint density at radius 3 is 2.19 bits per heavy atom. The van der Waals surface area contributed by atoms with Gasteiger partial charge in [0, 0.05) is 5.02 Å². The normalized spacial score (nSPS) is 11.6. The minimum Gasteiger partial charge on any atom is -0.489 e. The molecule has 0 radical (unpaired) electrons. The van der Waals surface area contributed by atoms with Crippen molar-refractivity contribution in [3.63, 3.8) is 0 Å². The zero-order valence-corrected chi connectivity index (χ0v) is 21.1. The third kappa shape index (κ3) is 8.40. The van der Waals surface area contributed by atoms with Crippen molar-refractivity contribution in [1.82, 2.24) is 5.43 Å². The summed E-state index contributed by atoms with van der Waals surface area (Å²) in [6, 6.07) is 32.0. The first kappa shape index (κ1) is 25.8. The predicted molar refractivity (Wildman–Crippen MR) is 145 cm³/mol. The Hall–Kier alpha value is -4.29. The molecular weight excluding hydrogens is 488 g/mol. The lowest BCUT2D eigenvalue weighted by atomic mass is 10.2. The molecule has 0 heterocycles. The van der Waals surface area contributed by atoms with Gasteiger partial charge in [-0.25, -0.2) is 5.43 Å². The second-order valence-corrected chi connectivity index (χ2v) is 8.66. The van der Waals surface area contributed by atoms with E-state index in [0.29, 0.717) is 29.7 Å². The fourth-order valence-electron chi connectivity index (χ4n) is 3.31. The van der Waals surface area contributed by atoms with Gasteiger partial charge in [-0.1, -0.05) is 66.2 Å². The molecule has 0 aliphatic rings. The Morgan fingerprint density at radius 2 is 1.46 bits per heavy atom. The molecule has 4 aromatic rings. The van der Waals surface area contributed by atoms with E-state index in [-0.39, 0.29) is 5.91 Å². The average molecular weight is 515 g/mol. The van der Waals surface area contributed by atoms with Crippen molar-refractivity contribution < 1.29 is 19.0 Å². The van der Waals surface area contributed by atoms with Crippen LogP contribution in [0.1, 0.15) is 23.6 Å². The molecular formula is C30H27ClN2O4. The Labute approximate surface area is 221 Å². The largest absolute Gasteiger partial charge is 0.489 e. The van der Waals surface area contributed by atoms with E-state index in [9.17, 15) is 4.79 Å². The molecule has 0 unspecified atom stereocenters. The van der Waals surface area contributed by atoms with Gasteiger partial charge in [0.2, 0.25) is 0 Å². The molecule has 0 saturated heterocycles. The second kappa shape index (κ2) is 13.1. The second-order valence-electron chi connectivity index (χ2n) is 8.23. The Balaban J connectivity index is 1.22. The Bertz CT molecular complexity index is 1310. The van der Waals surface area contributed by atoms with Crippen LogP contribution in [-0.2, 0) is 18.0 Å². The average Bonchev–Trinajstić information content (AvgIpc) is 2.93. The van der Waals surface area contributed by atoms with E-state index in [0.717, 1.165) is 22.4 Å². The van der Waals surface area contributed by atoms with E-state index in [1.807, 2.05) is 91.0 Å². The Morgan fingerprint density at radius 1 is 0.811 bits per heavy atom. The van der Waals surface area contributed by atoms with Gasteiger partial charge in [-0.3, -0.25) is 4.79 Å². The molecule has 6 nitrogen and oxygen atoms in total. The molecule has 1 N–H and O–H groups in total. The fourth-order valence-corrected chi connectivity index (χ4v) is 3.43. The summed E-state index contributed by atoms with van der Waals surface area (Å²) in [5.41, 5.74) is 5.40. The molecule has 7 heteroatoms. The maximum absolute atomic E-state index is 12.4. The van der Waals surface area contributed by atoms with Crippen molar-refractivity contribution in [3.8, 4) is 17.2 Å². The quantitative estimate of drug-likeness (QED) is 0.185. The number of carbonyl (C=O) groups is 1. The molecule has 0 spiro atoms. The highest BCUT2D eigenvalue weighted by Gasteiger charge is 2.14. The van der Waals surface area contributed by atoms with Crippen LogP contribution in [0.4, 0.5) is 0 Å². The molecule has 37 heavy (non-hydrogen) atoms. The lowest BCUT2D eigenvalue weighted by Crippen LogP contribution is -2.33. The first-order chi connectivity index (χ1) is 18.0. The van der Waals surface area contributed by atoms with Gasteiger partial charge < -0.3 is 14.2 Å². The number of benzene rings is 4. The summed E-state index contributed by atoms with van der Waals surface area (Å²) in [6.07, 6.45) is 0.820. The van der Waals surface area contributed by atoms with Crippen molar-refractivity contribution in [3.05, 3.63) is 125 Å². The summed E-state index contributed by atoms with van der Waals surface area (Å²) < 4.78 is 17.3. The van der Waals surface area contributed by atoms with Crippen LogP contribution in [-0.4, -0.2) is 18.2 Å². The summed E-state index contributed by atoms with van der Waals surface area (Å²) >= 11 is 5.92. The molecule has 188 valence electrons. The standard InChI is InChI=1S/C30H27ClN2O4/c1-22(37-28-16-14-27(15-17-28)35-20-23-6-3-2-4-7-23)30(34)33-32-19-25-8-5-9-29(18-25)36-21-24-10-12-26(31)13-11-24/h2-19,22H,20-21H2,1H3,(H,33,34)/b32-19-/t22-/m0/s1. The van der Waals surface area contributed by atoms with Gasteiger partial charge >= 0.3 is 0 Å². The maximum atomic E-state index is 12.4. The van der Waals surface area contributed by atoms with Crippen LogP contribution in [0.5, 0.6) is 17.2 Å². The minimum absolute atomic E-state index is 0.365. The van der Waals surface area contributed by atoms with Crippen LogP contribution in [0.15, 0.2) is 108 Å². The van der Waals surface area contributed by atoms with Gasteiger partial charge in [-0.2, -0.15) is 5.10 Å². The van der Waals surface area contributed by atoms with E-state index < -0.39 is 6.10 Å². The van der Waals surface area contributed by atoms with Crippen LogP contribution in [0.25, 0.3) is 0 Å². The lowest BCUT2D eigenvalue weighted by molar-refractivity contribution is -0.127. The van der Waals surface area contributed by atoms with Crippen LogP contribution in [0.2, 0.25) is 5.02 Å². The SMILES string of the molecule is C[C@H](Oc1ccc(OCc2ccccc2)cc1)C(=O)N/N=C\c1cccc(OCc2ccc(Cl)cc2)c1. The van der Waals surface area contributed by atoms with Gasteiger partial charge in [0.15, 0.2) is 6.10 Å². The maximum Gasteiger partial charge on any atom is 0.280 e. The monoisotopic (exact) mass is 514 g/mol. The number of carbonyl (C=O) groups excluding carboxylic acids is 1. The molecule has 1 atom stereocenters. The third-order valence-electron chi connectivity index (χ3n) is 5.32. The van der Waals surface area contributed by atoms with Crippen molar-refractivity contribution in [1.29, 1.82) is 0 Å². The molecule has 0 aromatic heterocycles. The van der Waals surface area contributed by atoms with Gasteiger partial charge in [0.05, 0.1) is 6.21 Å². The molecule has 0 bridgehead atoms. The number of ether oxygens (including phenoxy) is 3. The lowest BCUT2D eigenvalue weighted by Gasteiger charge is -2.13. The summed E-state index contributed by atoms with van der Waals surface area (Å²) in [6.45, 7) is 2.56. The summed E-state index contributed by atoms with van der Waals surface area (Å²) in [4.78, 5) is 12.4. The minimum atomic E-state index is -0.734. The smallest absolute Gasteiger partial charge is 0.280 e. The Kier molecular flexibility index (Phi) is 9.16. The van der Waals surface area contributed by atoms with E-state index in [2.05, 4.69) is 10.5 Å². The highest BCUT2D eigenvalue weighted by atomic mass is 35.5. The van der Waals surface area contributed by atoms with Crippen LogP contribution >= 0.6 is 11.6 Å². The number of nitrogens with one attached hydrogen (secondary N) is 1. The topological polar surface area (TPSA) is 69.2 Å². The number of hydrogen-bond acceptors (Lipinski definition) is 5. The molecule has 1 amide bonds. The van der Waals surface area contributed by atoms with Crippen LogP contribution in [0.3, 0.4) is 0 Å². The number of hydrazone groups is 1. The molecule has 0 aliphatic carbocycles. The molecule has 0 aliphatic heterocycles. The number of amides is 1. The van der Waals surface area contributed by atoms with E-state index >= 15 is 0 Å². The van der Waals surface area contributed by atoms with Crippen LogP contribution in [0, 0.1) is 0 Å². The van der Waals surface area contributed by atoms with E-state index in [1.54, 1.807) is 25.3 Å². The van der Waals surface area contributed by atoms with Crippen LogP contribution < -0.4 is 19.6 Å². The third-order valence-corrected chi connectivity index (χ3v) is 5.57. The van der Waals surface area contributed by atoms with Gasteiger partial charge in [-0.05, 0) is 72.1 Å². The zero-order valence-electron chi connectivity index (χ0n) is 20.3. The number of halogens is 1. The van der Waals surface area contributed by atoms with Crippen molar-refractivity contribution in [2.45, 2.75) is 26.2 Å². The predicted octanol–water partition coefficient (Wildman–Crippen LogP) is 6.42. The first-order valence-electron chi connectivity index (χ1n) is 11.8. The summed E-state index contributed by atoms with van der Waals surface area (Å²) in [7, 11) is 0. The van der Waals surface area contributed by atoms with E-state index in [1.165, 1.54) is 0 Å². The fraction of sp³-hybridized carbons (Fsp3) is 0.133. The summed E-state index contributed by atoms with van der Waals surface area (Å²) in [5.74, 6) is 1.61. The van der Waals surface area contributed by atoms with Gasteiger partial charge in [-0.15, -0.1) is 0 Å². The first-order valence-corrected chi connectivity index (χ1v) is 12.2. The van der Waals surface area contributed by atoms with Gasteiger partial charge in [0.25, 0.3) is 5.91 Å². The zero-order chi connectivity index (χ0) is 25.9. The highest BCUT2D eigenvalue weighted by molar-refractivity contribution is 6.30. The highest BCUT2D eigenvalue weighted by Crippen LogP contribution is 2.20. The molecule has 0 saturated carbocycles. The van der Waals surface area contributed by atoms with Gasteiger partial charge in [0.1, 0.15) is 30.5 Å². The van der Waals surface area contributed by atoms with Crippen molar-refractivity contribution in [2.75, 3.05) is 0 Å². The number of hydrogen-bond donors (Lipinski definition) is 1.